The molecule has 0 radical (unpaired) electrons. The smallest absolute Gasteiger partial charge is 0.319 e. The Bertz CT molecular complexity index is 679. The molecule has 3 N–H and O–H groups in total. The topological polar surface area (TPSA) is 82.2 Å². The van der Waals surface area contributed by atoms with Crippen molar-refractivity contribution in [1.82, 2.24) is 15.5 Å². The minimum absolute atomic E-state index is 0.233. The summed E-state index contributed by atoms with van der Waals surface area (Å²) in [6.45, 7) is 1.03. The zero-order valence-electron chi connectivity index (χ0n) is 14.0. The molecule has 2 amide bonds. The van der Waals surface area contributed by atoms with E-state index in [0.29, 0.717) is 18.9 Å². The molecule has 24 heavy (non-hydrogen) atoms. The lowest BCUT2D eigenvalue weighted by Crippen LogP contribution is -2.32. The van der Waals surface area contributed by atoms with Crippen molar-refractivity contribution >= 4 is 35.0 Å². The average molecular weight is 346 g/mol. The molecular formula is C16H22N6OS. The third-order valence-corrected chi connectivity index (χ3v) is 3.93. The van der Waals surface area contributed by atoms with E-state index in [1.165, 1.54) is 0 Å². The number of carbonyl (C=O) groups is 1. The van der Waals surface area contributed by atoms with Crippen molar-refractivity contribution in [2.75, 3.05) is 49.0 Å². The first-order valence-corrected chi connectivity index (χ1v) is 8.74. The second-order valence-corrected chi connectivity index (χ2v) is 6.11. The monoisotopic (exact) mass is 346 g/mol. The molecule has 128 valence electrons. The minimum Gasteiger partial charge on any atom is -0.376 e. The van der Waals surface area contributed by atoms with E-state index in [4.69, 9.17) is 0 Å². The van der Waals surface area contributed by atoms with Crippen molar-refractivity contribution in [3.8, 4) is 0 Å². The number of hydrogen-bond acceptors (Lipinski definition) is 6. The first-order chi connectivity index (χ1) is 11.6. The van der Waals surface area contributed by atoms with Crippen molar-refractivity contribution in [3.63, 3.8) is 0 Å². The predicted octanol–water partition coefficient (Wildman–Crippen LogP) is 2.50. The fourth-order valence-electron chi connectivity index (χ4n) is 1.93. The molecule has 1 aromatic heterocycles. The lowest BCUT2D eigenvalue weighted by molar-refractivity contribution is 0.252. The van der Waals surface area contributed by atoms with Crippen LogP contribution in [0.5, 0.6) is 0 Å². The van der Waals surface area contributed by atoms with Gasteiger partial charge in [-0.2, -0.15) is 5.10 Å². The highest BCUT2D eigenvalue weighted by molar-refractivity contribution is 7.98. The summed E-state index contributed by atoms with van der Waals surface area (Å²) < 4.78 is 0. The van der Waals surface area contributed by atoms with E-state index in [-0.39, 0.29) is 6.03 Å². The third kappa shape index (κ3) is 5.62. The number of urea groups is 1. The summed E-state index contributed by atoms with van der Waals surface area (Å²) in [5.74, 6) is 0.677. The highest BCUT2D eigenvalue weighted by atomic mass is 32.2. The molecule has 2 aromatic rings. The SMILES string of the molecule is CSc1cccc(NC(=O)NCCNc2cc(N(C)C)cnn2)c1. The van der Waals surface area contributed by atoms with Crippen LogP contribution in [0.2, 0.25) is 0 Å². The van der Waals surface area contributed by atoms with Crippen LogP contribution in [0.1, 0.15) is 0 Å². The minimum atomic E-state index is -0.233. The van der Waals surface area contributed by atoms with Crippen LogP contribution < -0.4 is 20.9 Å². The van der Waals surface area contributed by atoms with E-state index in [1.807, 2.05) is 55.6 Å². The van der Waals surface area contributed by atoms with Gasteiger partial charge in [0.1, 0.15) is 0 Å². The number of benzene rings is 1. The van der Waals surface area contributed by atoms with Gasteiger partial charge in [0.05, 0.1) is 11.9 Å². The van der Waals surface area contributed by atoms with E-state index in [1.54, 1.807) is 18.0 Å². The zero-order valence-corrected chi connectivity index (χ0v) is 14.9. The fourth-order valence-corrected chi connectivity index (χ4v) is 2.39. The molecule has 0 unspecified atom stereocenters. The van der Waals surface area contributed by atoms with E-state index in [9.17, 15) is 4.79 Å². The van der Waals surface area contributed by atoms with Crippen molar-refractivity contribution in [2.45, 2.75) is 4.90 Å². The van der Waals surface area contributed by atoms with Gasteiger partial charge in [-0.15, -0.1) is 16.9 Å². The van der Waals surface area contributed by atoms with Gasteiger partial charge < -0.3 is 20.9 Å². The predicted molar refractivity (Wildman–Crippen MR) is 100 cm³/mol. The third-order valence-electron chi connectivity index (χ3n) is 3.20. The summed E-state index contributed by atoms with van der Waals surface area (Å²) in [5.41, 5.74) is 1.74. The molecule has 7 nitrogen and oxygen atoms in total. The number of aromatic nitrogens is 2. The summed E-state index contributed by atoms with van der Waals surface area (Å²) in [6, 6.07) is 9.38. The molecular weight excluding hydrogens is 324 g/mol. The fraction of sp³-hybridized carbons (Fsp3) is 0.312. The van der Waals surface area contributed by atoms with Gasteiger partial charge in [0.25, 0.3) is 0 Å². The quantitative estimate of drug-likeness (QED) is 0.528. The molecule has 0 aliphatic rings. The van der Waals surface area contributed by atoms with E-state index in [0.717, 1.165) is 16.3 Å². The molecule has 0 saturated heterocycles. The maximum absolute atomic E-state index is 11.9. The van der Waals surface area contributed by atoms with Crippen LogP contribution >= 0.6 is 11.8 Å². The number of carbonyl (C=O) groups excluding carboxylic acids is 1. The summed E-state index contributed by atoms with van der Waals surface area (Å²) >= 11 is 1.63. The first kappa shape index (κ1) is 17.9. The molecule has 8 heteroatoms. The molecule has 0 saturated carbocycles. The number of nitrogens with one attached hydrogen (secondary N) is 3. The second-order valence-electron chi connectivity index (χ2n) is 5.23. The van der Waals surface area contributed by atoms with E-state index >= 15 is 0 Å². The molecule has 1 aromatic carbocycles. The maximum Gasteiger partial charge on any atom is 0.319 e. The molecule has 1 heterocycles. The highest BCUT2D eigenvalue weighted by Crippen LogP contribution is 2.18. The van der Waals surface area contributed by atoms with Gasteiger partial charge in [0.2, 0.25) is 0 Å². The average Bonchev–Trinajstić information content (AvgIpc) is 2.59. The zero-order chi connectivity index (χ0) is 17.4. The lowest BCUT2D eigenvalue weighted by atomic mass is 10.3. The Morgan fingerprint density at radius 2 is 2.08 bits per heavy atom. The highest BCUT2D eigenvalue weighted by Gasteiger charge is 2.03. The Labute approximate surface area is 146 Å². The van der Waals surface area contributed by atoms with Crippen molar-refractivity contribution in [2.24, 2.45) is 0 Å². The lowest BCUT2D eigenvalue weighted by Gasteiger charge is -2.13. The molecule has 2 rings (SSSR count). The van der Waals surface area contributed by atoms with Gasteiger partial charge in [-0.25, -0.2) is 4.79 Å². The van der Waals surface area contributed by atoms with Gasteiger partial charge in [-0.1, -0.05) is 6.07 Å². The van der Waals surface area contributed by atoms with Gasteiger partial charge >= 0.3 is 6.03 Å². The Morgan fingerprint density at radius 3 is 2.83 bits per heavy atom. The summed E-state index contributed by atoms with van der Waals surface area (Å²) in [4.78, 5) is 14.9. The molecule has 0 spiro atoms. The summed E-state index contributed by atoms with van der Waals surface area (Å²) in [7, 11) is 3.89. The van der Waals surface area contributed by atoms with E-state index in [2.05, 4.69) is 26.1 Å². The number of rotatable bonds is 7. The van der Waals surface area contributed by atoms with Gasteiger partial charge in [-0.05, 0) is 24.5 Å². The van der Waals surface area contributed by atoms with Crippen LogP contribution in [0, 0.1) is 0 Å². The van der Waals surface area contributed by atoms with Gasteiger partial charge in [0.15, 0.2) is 5.82 Å². The largest absolute Gasteiger partial charge is 0.376 e. The van der Waals surface area contributed by atoms with Crippen LogP contribution in [0.4, 0.5) is 22.0 Å². The first-order valence-electron chi connectivity index (χ1n) is 7.51. The molecule has 0 atom stereocenters. The van der Waals surface area contributed by atoms with Crippen LogP contribution in [0.25, 0.3) is 0 Å². The Kier molecular flexibility index (Phi) is 6.68. The molecule has 0 aliphatic carbocycles. The standard InChI is InChI=1S/C16H22N6OS/c1-22(2)13-10-15(21-19-11-13)17-7-8-18-16(23)20-12-5-4-6-14(9-12)24-3/h4-6,9-11H,7-8H2,1-3H3,(H,17,21)(H2,18,20,23). The Hall–Kier alpha value is -2.48. The number of nitrogens with zero attached hydrogens (tertiary/aromatic N) is 3. The molecule has 0 fully saturated rings. The van der Waals surface area contributed by atoms with Crippen LogP contribution in [0.3, 0.4) is 0 Å². The molecule has 0 bridgehead atoms. The number of thioether (sulfide) groups is 1. The summed E-state index contributed by atoms with van der Waals surface area (Å²) in [5, 5.41) is 16.7. The second kappa shape index (κ2) is 8.97. The number of amides is 2. The van der Waals surface area contributed by atoms with Crippen molar-refractivity contribution in [3.05, 3.63) is 36.5 Å². The van der Waals surface area contributed by atoms with Gasteiger partial charge in [0, 0.05) is 43.8 Å². The number of hydrogen-bond donors (Lipinski definition) is 3. The number of anilines is 3. The van der Waals surface area contributed by atoms with Crippen LogP contribution in [-0.4, -0.2) is 49.7 Å². The van der Waals surface area contributed by atoms with Crippen molar-refractivity contribution in [1.29, 1.82) is 0 Å². The van der Waals surface area contributed by atoms with Gasteiger partial charge in [-0.3, -0.25) is 0 Å². The van der Waals surface area contributed by atoms with Crippen molar-refractivity contribution < 1.29 is 4.79 Å². The Morgan fingerprint density at radius 1 is 1.25 bits per heavy atom. The van der Waals surface area contributed by atoms with Crippen LogP contribution in [0.15, 0.2) is 41.4 Å². The maximum atomic E-state index is 11.9. The normalized spacial score (nSPS) is 10.1. The molecule has 0 aliphatic heterocycles. The Balaban J connectivity index is 1.73. The van der Waals surface area contributed by atoms with Crippen LogP contribution in [-0.2, 0) is 0 Å². The van der Waals surface area contributed by atoms with E-state index < -0.39 is 0 Å². The summed E-state index contributed by atoms with van der Waals surface area (Å²) in [6.07, 6.45) is 3.69.